The second-order valence-corrected chi connectivity index (χ2v) is 11.8. The summed E-state index contributed by atoms with van der Waals surface area (Å²) in [5.74, 6) is -1.37. The van der Waals surface area contributed by atoms with E-state index in [1.165, 1.54) is 29.5 Å². The number of anilines is 2. The molecule has 7 rings (SSSR count). The van der Waals surface area contributed by atoms with E-state index in [9.17, 15) is 24.3 Å². The molecule has 0 bridgehead atoms. The first-order valence-corrected chi connectivity index (χ1v) is 14.0. The van der Waals surface area contributed by atoms with Crippen LogP contribution in [0, 0.1) is 41.7 Å². The number of benzene rings is 1. The van der Waals surface area contributed by atoms with E-state index in [4.69, 9.17) is 4.98 Å². The van der Waals surface area contributed by atoms with Gasteiger partial charge in [0.1, 0.15) is 39.7 Å². The number of rotatable bonds is 7. The van der Waals surface area contributed by atoms with Crippen LogP contribution in [-0.4, -0.2) is 47.9 Å². The van der Waals surface area contributed by atoms with Crippen molar-refractivity contribution < 1.29 is 19.0 Å². The minimum atomic E-state index is -1.45. The summed E-state index contributed by atoms with van der Waals surface area (Å²) < 4.78 is 29.4. The van der Waals surface area contributed by atoms with E-state index in [1.807, 2.05) is 6.07 Å². The van der Waals surface area contributed by atoms with Gasteiger partial charge >= 0.3 is 0 Å². The fourth-order valence-electron chi connectivity index (χ4n) is 5.94. The molecule has 0 aliphatic heterocycles. The third kappa shape index (κ3) is 3.91. The van der Waals surface area contributed by atoms with Crippen LogP contribution in [0.2, 0.25) is 0 Å². The molecule has 3 saturated carbocycles. The Balaban J connectivity index is 1.26. The Morgan fingerprint density at radius 2 is 1.95 bits per heavy atom. The highest BCUT2D eigenvalue weighted by Crippen LogP contribution is 2.61. The van der Waals surface area contributed by atoms with Crippen molar-refractivity contribution in [3.05, 3.63) is 59.0 Å². The van der Waals surface area contributed by atoms with Gasteiger partial charge in [0.05, 0.1) is 39.7 Å². The van der Waals surface area contributed by atoms with E-state index in [-0.39, 0.29) is 24.0 Å². The van der Waals surface area contributed by atoms with E-state index >= 15 is 0 Å². The fraction of sp³-hybridized carbons (Fsp3) is 0.393. The highest BCUT2D eigenvalue weighted by molar-refractivity contribution is 7.21. The first-order chi connectivity index (χ1) is 19.3. The molecule has 4 N–H and O–H groups in total. The predicted molar refractivity (Wildman–Crippen MR) is 144 cm³/mol. The van der Waals surface area contributed by atoms with Gasteiger partial charge in [-0.1, -0.05) is 6.07 Å². The van der Waals surface area contributed by atoms with E-state index in [0.717, 1.165) is 28.8 Å². The molecule has 0 spiro atoms. The summed E-state index contributed by atoms with van der Waals surface area (Å²) >= 11 is 1.48. The molecular formula is C28H25F2N7O2S. The van der Waals surface area contributed by atoms with Gasteiger partial charge in [-0.3, -0.25) is 4.98 Å². The number of aryl methyl sites for hydroxylation is 1. The maximum absolute atomic E-state index is 14.2. The third-order valence-corrected chi connectivity index (χ3v) is 9.34. The summed E-state index contributed by atoms with van der Waals surface area (Å²) in [5, 5.41) is 38.0. The number of hydrogen-bond donors (Lipinski definition) is 4. The summed E-state index contributed by atoms with van der Waals surface area (Å²) in [6.45, 7) is 1.62. The maximum Gasteiger partial charge on any atom is 0.225 e. The Bertz CT molecular complexity index is 1680. The molecule has 204 valence electrons. The Kier molecular flexibility index (Phi) is 5.75. The topological polar surface area (TPSA) is 140 Å². The molecular weight excluding hydrogens is 536 g/mol. The molecule has 3 heterocycles. The summed E-state index contributed by atoms with van der Waals surface area (Å²) in [6, 6.07) is 7.11. The lowest BCUT2D eigenvalue weighted by molar-refractivity contribution is -0.00233. The molecule has 12 heteroatoms. The van der Waals surface area contributed by atoms with Crippen LogP contribution in [0.4, 0.5) is 20.5 Å². The van der Waals surface area contributed by atoms with Crippen LogP contribution in [0.3, 0.4) is 0 Å². The van der Waals surface area contributed by atoms with Gasteiger partial charge in [-0.05, 0) is 44.4 Å². The van der Waals surface area contributed by atoms with Crippen LogP contribution in [0.15, 0.2) is 30.5 Å². The number of thiazole rings is 1. The summed E-state index contributed by atoms with van der Waals surface area (Å²) in [6.07, 6.45) is 3.18. The van der Waals surface area contributed by atoms with Crippen molar-refractivity contribution in [1.82, 2.24) is 19.9 Å². The van der Waals surface area contributed by atoms with Gasteiger partial charge in [-0.15, -0.1) is 11.3 Å². The Morgan fingerprint density at radius 3 is 2.62 bits per heavy atom. The second-order valence-electron chi connectivity index (χ2n) is 10.8. The Morgan fingerprint density at radius 1 is 1.18 bits per heavy atom. The first-order valence-electron chi connectivity index (χ1n) is 13.2. The Hall–Kier alpha value is -3.79. The quantitative estimate of drug-likeness (QED) is 0.260. The van der Waals surface area contributed by atoms with Crippen molar-refractivity contribution >= 4 is 33.3 Å². The minimum absolute atomic E-state index is 0.135. The second kappa shape index (κ2) is 9.12. The standard InChI is InChI=1S/C28H25F2N7O2S/c1-12-21(26-36-23-20(40-26)7-8-32-22(23)13-5-6-13)25(35-19-9-15-16(10-31)28(15,39)24(19)38)37-27(34-12)33-11-14-17(29)3-2-4-18(14)30/h2-4,7-8,13,15-16,19,24,38-39H,5-6,9,11H2,1H3,(H2,33,34,35,37)/t15-,16?,19-,24+,28+/m1/s1. The van der Waals surface area contributed by atoms with Crippen LogP contribution in [0.1, 0.15) is 42.1 Å². The molecule has 0 saturated heterocycles. The first kappa shape index (κ1) is 25.2. The van der Waals surface area contributed by atoms with Gasteiger partial charge in [0, 0.05) is 30.1 Å². The molecule has 3 aliphatic rings. The van der Waals surface area contributed by atoms with Crippen LogP contribution in [-0.2, 0) is 6.54 Å². The SMILES string of the molecule is Cc1nc(NCc2c(F)cccc2F)nc(N[C@@H]2C[C@@H]3C(C#N)[C@]3(O)[C@H]2O)c1-c1nc2c(C3CC3)nccc2s1. The number of nitrogens with zero attached hydrogens (tertiary/aromatic N) is 5. The number of hydrogen-bond acceptors (Lipinski definition) is 10. The predicted octanol–water partition coefficient (Wildman–Crippen LogP) is 4.27. The molecule has 1 aromatic carbocycles. The average molecular weight is 562 g/mol. The molecule has 0 amide bonds. The number of fused-ring (bicyclic) bond motifs is 2. The molecule has 40 heavy (non-hydrogen) atoms. The molecule has 3 aromatic heterocycles. The number of pyridine rings is 1. The minimum Gasteiger partial charge on any atom is -0.388 e. The summed E-state index contributed by atoms with van der Waals surface area (Å²) in [7, 11) is 0. The van der Waals surface area contributed by atoms with E-state index in [0.29, 0.717) is 34.4 Å². The molecule has 0 radical (unpaired) electrons. The van der Waals surface area contributed by atoms with Crippen molar-refractivity contribution in [3.8, 4) is 16.6 Å². The molecule has 4 aromatic rings. The number of aromatic nitrogens is 4. The highest BCUT2D eigenvalue weighted by Gasteiger charge is 2.74. The Labute approximate surface area is 232 Å². The van der Waals surface area contributed by atoms with Gasteiger partial charge in [0.25, 0.3) is 0 Å². The van der Waals surface area contributed by atoms with E-state index < -0.39 is 35.3 Å². The number of nitriles is 1. The maximum atomic E-state index is 14.2. The third-order valence-electron chi connectivity index (χ3n) is 8.30. The van der Waals surface area contributed by atoms with Crippen LogP contribution in [0.25, 0.3) is 20.8 Å². The number of aliphatic hydroxyl groups is 2. The number of halogens is 2. The van der Waals surface area contributed by atoms with Crippen LogP contribution >= 0.6 is 11.3 Å². The molecule has 1 unspecified atom stereocenters. The number of nitrogens with one attached hydrogen (secondary N) is 2. The zero-order chi connectivity index (χ0) is 27.8. The van der Waals surface area contributed by atoms with Crippen molar-refractivity contribution in [2.24, 2.45) is 11.8 Å². The molecule has 9 nitrogen and oxygen atoms in total. The van der Waals surface area contributed by atoms with E-state index in [1.54, 1.807) is 13.1 Å². The highest BCUT2D eigenvalue weighted by atomic mass is 32.1. The summed E-state index contributed by atoms with van der Waals surface area (Å²) in [4.78, 5) is 18.7. The lowest BCUT2D eigenvalue weighted by Crippen LogP contribution is -2.41. The van der Waals surface area contributed by atoms with Gasteiger partial charge < -0.3 is 20.8 Å². The van der Waals surface area contributed by atoms with Crippen molar-refractivity contribution in [3.63, 3.8) is 0 Å². The van der Waals surface area contributed by atoms with Gasteiger partial charge in [-0.25, -0.2) is 18.7 Å². The largest absolute Gasteiger partial charge is 0.388 e. The fourth-order valence-corrected chi connectivity index (χ4v) is 7.01. The zero-order valence-electron chi connectivity index (χ0n) is 21.4. The average Bonchev–Trinajstić information content (AvgIpc) is 3.79. The lowest BCUT2D eigenvalue weighted by Gasteiger charge is -2.25. The normalized spacial score (nSPS) is 26.9. The van der Waals surface area contributed by atoms with Crippen molar-refractivity contribution in [2.75, 3.05) is 10.6 Å². The molecule has 3 fully saturated rings. The molecule has 5 atom stereocenters. The van der Waals surface area contributed by atoms with Crippen molar-refractivity contribution in [1.29, 1.82) is 5.26 Å². The van der Waals surface area contributed by atoms with Crippen molar-refractivity contribution in [2.45, 2.75) is 56.4 Å². The van der Waals surface area contributed by atoms with Gasteiger partial charge in [0.2, 0.25) is 5.95 Å². The van der Waals surface area contributed by atoms with Crippen LogP contribution < -0.4 is 10.6 Å². The van der Waals surface area contributed by atoms with E-state index in [2.05, 4.69) is 31.7 Å². The zero-order valence-corrected chi connectivity index (χ0v) is 22.2. The lowest BCUT2D eigenvalue weighted by atomic mass is 10.0. The van der Waals surface area contributed by atoms with Gasteiger partial charge in [-0.2, -0.15) is 10.2 Å². The smallest absolute Gasteiger partial charge is 0.225 e. The van der Waals surface area contributed by atoms with Crippen LogP contribution in [0.5, 0.6) is 0 Å². The van der Waals surface area contributed by atoms with Gasteiger partial charge in [0.15, 0.2) is 0 Å². The monoisotopic (exact) mass is 561 g/mol. The summed E-state index contributed by atoms with van der Waals surface area (Å²) in [5.41, 5.74) is 1.45. The number of aliphatic hydroxyl groups excluding tert-OH is 1. The molecule has 3 aliphatic carbocycles.